The number of hydrogen-bond acceptors (Lipinski definition) is 2. The highest BCUT2D eigenvalue weighted by Crippen LogP contribution is 2.25. The van der Waals surface area contributed by atoms with Gasteiger partial charge in [0, 0.05) is 17.4 Å². The van der Waals surface area contributed by atoms with Gasteiger partial charge < -0.3 is 5.11 Å². The first-order chi connectivity index (χ1) is 4.25. The molecule has 50 valence electrons. The van der Waals surface area contributed by atoms with Crippen molar-refractivity contribution in [3.05, 3.63) is 17.4 Å². The van der Waals surface area contributed by atoms with Crippen LogP contribution in [0.15, 0.2) is 5.38 Å². The maximum atomic E-state index is 8.73. The molecule has 1 aromatic rings. The average Bonchev–Trinajstić information content (AvgIpc) is 2.15. The Balaban J connectivity index is 3.04. The second kappa shape index (κ2) is 3.49. The topological polar surface area (TPSA) is 20.2 Å². The quantitative estimate of drug-likeness (QED) is 0.758. The first kappa shape index (κ1) is 8.22. The minimum atomic E-state index is 0.173. The molecule has 0 amide bonds. The summed E-state index contributed by atoms with van der Waals surface area (Å²) in [5, 5.41) is 10.8. The van der Waals surface area contributed by atoms with Gasteiger partial charge in [-0.1, -0.05) is 0 Å². The summed E-state index contributed by atoms with van der Waals surface area (Å²) in [7, 11) is 0. The molecule has 0 unspecified atom stereocenters. The van der Waals surface area contributed by atoms with Crippen molar-refractivity contribution in [1.82, 2.24) is 0 Å². The number of aliphatic hydroxyl groups is 1. The van der Waals surface area contributed by atoms with Crippen molar-refractivity contribution in [2.75, 3.05) is 0 Å². The molecule has 0 saturated carbocycles. The highest BCUT2D eigenvalue weighted by atomic mass is 127. The Hall–Kier alpha value is 1.12. The van der Waals surface area contributed by atoms with E-state index in [9.17, 15) is 0 Å². The molecular weight excluding hydrogens is 362 g/mol. The molecule has 0 atom stereocenters. The van der Waals surface area contributed by atoms with E-state index >= 15 is 0 Å². The molecule has 0 fully saturated rings. The van der Waals surface area contributed by atoms with Gasteiger partial charge in [0.05, 0.1) is 6.61 Å². The Morgan fingerprint density at radius 1 is 1.56 bits per heavy atom. The summed E-state index contributed by atoms with van der Waals surface area (Å²) in [4.78, 5) is 1.07. The molecule has 1 nitrogen and oxygen atoms in total. The molecule has 1 aromatic heterocycles. The molecule has 0 spiro atoms. The Kier molecular flexibility index (Phi) is 3.19. The van der Waals surface area contributed by atoms with E-state index in [0.717, 1.165) is 4.88 Å². The van der Waals surface area contributed by atoms with Crippen LogP contribution in [0.25, 0.3) is 0 Å². The van der Waals surface area contributed by atoms with E-state index in [2.05, 4.69) is 45.2 Å². The van der Waals surface area contributed by atoms with Crippen molar-refractivity contribution in [2.45, 2.75) is 6.61 Å². The highest BCUT2D eigenvalue weighted by Gasteiger charge is 2.03. The van der Waals surface area contributed by atoms with Crippen LogP contribution in [0.1, 0.15) is 4.88 Å². The lowest BCUT2D eigenvalue weighted by Crippen LogP contribution is -1.79. The lowest BCUT2D eigenvalue weighted by atomic mass is 10.5. The maximum Gasteiger partial charge on any atom is 0.0785 e. The third-order valence-electron chi connectivity index (χ3n) is 0.903. The van der Waals surface area contributed by atoms with Gasteiger partial charge in [0.1, 0.15) is 0 Å². The van der Waals surface area contributed by atoms with Crippen LogP contribution in [0.3, 0.4) is 0 Å². The van der Waals surface area contributed by atoms with E-state index in [1.165, 1.54) is 7.14 Å². The zero-order valence-corrected chi connectivity index (χ0v) is 9.53. The van der Waals surface area contributed by atoms with Crippen LogP contribution in [0, 0.1) is 7.14 Å². The van der Waals surface area contributed by atoms with E-state index in [4.69, 9.17) is 5.11 Å². The van der Waals surface area contributed by atoms with Crippen LogP contribution in [0.5, 0.6) is 0 Å². The Morgan fingerprint density at radius 3 is 2.44 bits per heavy atom. The molecule has 0 aliphatic heterocycles. The maximum absolute atomic E-state index is 8.73. The predicted molar refractivity (Wildman–Crippen MR) is 55.7 cm³/mol. The number of aliphatic hydroxyl groups excluding tert-OH is 1. The standard InChI is InChI=1S/C5H4I2OS/c6-3-2-9-4(1-8)5(3)7/h2,8H,1H2. The number of rotatable bonds is 1. The third kappa shape index (κ3) is 1.78. The Bertz CT molecular complexity index is 209. The van der Waals surface area contributed by atoms with Crippen molar-refractivity contribution >= 4 is 56.5 Å². The summed E-state index contributed by atoms with van der Waals surface area (Å²) in [6, 6.07) is 0. The van der Waals surface area contributed by atoms with Crippen molar-refractivity contribution < 1.29 is 5.11 Å². The Morgan fingerprint density at radius 2 is 2.22 bits per heavy atom. The van der Waals surface area contributed by atoms with Crippen LogP contribution < -0.4 is 0 Å². The van der Waals surface area contributed by atoms with Gasteiger partial charge in [0.2, 0.25) is 0 Å². The summed E-state index contributed by atoms with van der Waals surface area (Å²) >= 11 is 6.11. The molecule has 1 rings (SSSR count). The normalized spacial score (nSPS) is 10.1. The van der Waals surface area contributed by atoms with Crippen LogP contribution in [-0.2, 0) is 6.61 Å². The molecule has 0 aromatic carbocycles. The fourth-order valence-electron chi connectivity index (χ4n) is 0.466. The Labute approximate surface area is 84.8 Å². The van der Waals surface area contributed by atoms with Crippen molar-refractivity contribution in [2.24, 2.45) is 0 Å². The van der Waals surface area contributed by atoms with Gasteiger partial charge in [-0.3, -0.25) is 0 Å². The fraction of sp³-hybridized carbons (Fsp3) is 0.200. The molecule has 1 N–H and O–H groups in total. The molecule has 0 radical (unpaired) electrons. The molecule has 4 heteroatoms. The van der Waals surface area contributed by atoms with Crippen molar-refractivity contribution in [3.8, 4) is 0 Å². The van der Waals surface area contributed by atoms with Crippen LogP contribution in [0.4, 0.5) is 0 Å². The second-order valence-electron chi connectivity index (χ2n) is 1.48. The van der Waals surface area contributed by atoms with Crippen LogP contribution in [-0.4, -0.2) is 5.11 Å². The smallest absolute Gasteiger partial charge is 0.0785 e. The lowest BCUT2D eigenvalue weighted by Gasteiger charge is -1.88. The number of thiophene rings is 1. The monoisotopic (exact) mass is 366 g/mol. The second-order valence-corrected chi connectivity index (χ2v) is 4.68. The van der Waals surface area contributed by atoms with Crippen molar-refractivity contribution in [1.29, 1.82) is 0 Å². The van der Waals surface area contributed by atoms with Gasteiger partial charge in [-0.05, 0) is 45.2 Å². The zero-order valence-electron chi connectivity index (χ0n) is 4.40. The molecule has 0 saturated heterocycles. The molecule has 0 aliphatic carbocycles. The minimum Gasteiger partial charge on any atom is -0.391 e. The van der Waals surface area contributed by atoms with Gasteiger partial charge in [-0.15, -0.1) is 11.3 Å². The van der Waals surface area contributed by atoms with Gasteiger partial charge in [-0.2, -0.15) is 0 Å². The minimum absolute atomic E-state index is 0.173. The SMILES string of the molecule is OCc1scc(I)c1I. The fourth-order valence-corrected chi connectivity index (χ4v) is 2.93. The van der Waals surface area contributed by atoms with Gasteiger partial charge in [0.25, 0.3) is 0 Å². The summed E-state index contributed by atoms with van der Waals surface area (Å²) in [5.41, 5.74) is 0. The molecule has 9 heavy (non-hydrogen) atoms. The first-order valence-corrected chi connectivity index (χ1v) is 5.31. The summed E-state index contributed by atoms with van der Waals surface area (Å²) in [6.07, 6.45) is 0. The van der Waals surface area contributed by atoms with Gasteiger partial charge >= 0.3 is 0 Å². The third-order valence-corrected chi connectivity index (χ3v) is 5.78. The molecule has 1 heterocycles. The van der Waals surface area contributed by atoms with Crippen LogP contribution in [0.2, 0.25) is 0 Å². The van der Waals surface area contributed by atoms with E-state index in [1.54, 1.807) is 11.3 Å². The predicted octanol–water partition coefficient (Wildman–Crippen LogP) is 2.45. The van der Waals surface area contributed by atoms with E-state index in [-0.39, 0.29) is 6.61 Å². The highest BCUT2D eigenvalue weighted by molar-refractivity contribution is 14.1. The summed E-state index contributed by atoms with van der Waals surface area (Å²) in [6.45, 7) is 0.173. The lowest BCUT2D eigenvalue weighted by molar-refractivity contribution is 0.284. The van der Waals surface area contributed by atoms with E-state index in [0.29, 0.717) is 0 Å². The van der Waals surface area contributed by atoms with E-state index < -0.39 is 0 Å². The number of hydrogen-bond donors (Lipinski definition) is 1. The summed E-state index contributed by atoms with van der Waals surface area (Å²) < 4.78 is 2.43. The van der Waals surface area contributed by atoms with E-state index in [1.807, 2.05) is 5.38 Å². The van der Waals surface area contributed by atoms with Crippen molar-refractivity contribution in [3.63, 3.8) is 0 Å². The van der Waals surface area contributed by atoms with Gasteiger partial charge in [0.15, 0.2) is 0 Å². The largest absolute Gasteiger partial charge is 0.391 e. The molecule has 0 aliphatic rings. The van der Waals surface area contributed by atoms with Gasteiger partial charge in [-0.25, -0.2) is 0 Å². The zero-order chi connectivity index (χ0) is 6.85. The molecule has 0 bridgehead atoms. The summed E-state index contributed by atoms with van der Waals surface area (Å²) in [5.74, 6) is 0. The molecular formula is C5H4I2OS. The first-order valence-electron chi connectivity index (χ1n) is 2.28. The van der Waals surface area contributed by atoms with Crippen LogP contribution >= 0.6 is 56.5 Å². The number of halogens is 2. The average molecular weight is 366 g/mol.